The molecule has 0 aliphatic carbocycles. The first-order valence-corrected chi connectivity index (χ1v) is 5.48. The number of likely N-dealkylation sites (tertiary alicyclic amines) is 1. The standard InChI is InChI=1S/C11H19NO4/c1-5-7-6-12(8(7)9(13)14)10(15)16-11(2,3)4/h7-8H,5-6H2,1-4H3,(H,13,14)/t7-,8+/m1/s1. The number of carboxylic acid groups (broad SMARTS) is 1. The van der Waals surface area contributed by atoms with E-state index < -0.39 is 23.7 Å². The summed E-state index contributed by atoms with van der Waals surface area (Å²) < 4.78 is 5.14. The lowest BCUT2D eigenvalue weighted by Crippen LogP contribution is -2.62. The Balaban J connectivity index is 2.62. The zero-order valence-electron chi connectivity index (χ0n) is 10.2. The van der Waals surface area contributed by atoms with Crippen LogP contribution in [0.4, 0.5) is 4.79 Å². The summed E-state index contributed by atoms with van der Waals surface area (Å²) in [5.41, 5.74) is -0.586. The number of hydrogen-bond donors (Lipinski definition) is 1. The number of ether oxygens (including phenoxy) is 1. The molecule has 92 valence electrons. The maximum atomic E-state index is 11.7. The van der Waals surface area contributed by atoms with Crippen LogP contribution in [-0.4, -0.2) is 40.3 Å². The first kappa shape index (κ1) is 12.8. The zero-order valence-corrected chi connectivity index (χ0v) is 10.2. The SMILES string of the molecule is CC[C@@H]1CN(C(=O)OC(C)(C)C)[C@@H]1C(=O)O. The summed E-state index contributed by atoms with van der Waals surface area (Å²) in [5.74, 6) is -0.908. The van der Waals surface area contributed by atoms with E-state index in [1.54, 1.807) is 20.8 Å². The van der Waals surface area contributed by atoms with E-state index in [0.717, 1.165) is 6.42 Å². The molecule has 1 amide bonds. The van der Waals surface area contributed by atoms with Crippen molar-refractivity contribution in [3.05, 3.63) is 0 Å². The highest BCUT2D eigenvalue weighted by Crippen LogP contribution is 2.29. The van der Waals surface area contributed by atoms with Crippen LogP contribution in [0.15, 0.2) is 0 Å². The summed E-state index contributed by atoms with van der Waals surface area (Å²) >= 11 is 0. The summed E-state index contributed by atoms with van der Waals surface area (Å²) in [7, 11) is 0. The molecular weight excluding hydrogens is 210 g/mol. The van der Waals surface area contributed by atoms with Crippen LogP contribution in [0, 0.1) is 5.92 Å². The number of nitrogens with zero attached hydrogens (tertiary/aromatic N) is 1. The minimum Gasteiger partial charge on any atom is -0.480 e. The van der Waals surface area contributed by atoms with E-state index in [4.69, 9.17) is 9.84 Å². The van der Waals surface area contributed by atoms with E-state index in [0.29, 0.717) is 6.54 Å². The maximum absolute atomic E-state index is 11.7. The third-order valence-electron chi connectivity index (χ3n) is 2.62. The van der Waals surface area contributed by atoms with Crippen LogP contribution in [0.25, 0.3) is 0 Å². The second-order valence-corrected chi connectivity index (χ2v) is 5.08. The quantitative estimate of drug-likeness (QED) is 0.782. The average molecular weight is 229 g/mol. The normalized spacial score (nSPS) is 24.9. The number of rotatable bonds is 2. The number of aliphatic carboxylic acids is 1. The van der Waals surface area contributed by atoms with E-state index in [2.05, 4.69) is 0 Å². The zero-order chi connectivity index (χ0) is 12.5. The van der Waals surface area contributed by atoms with Crippen molar-refractivity contribution >= 4 is 12.1 Å². The fourth-order valence-electron chi connectivity index (χ4n) is 1.78. The Morgan fingerprint density at radius 1 is 1.44 bits per heavy atom. The first-order valence-electron chi connectivity index (χ1n) is 5.48. The topological polar surface area (TPSA) is 66.8 Å². The second kappa shape index (κ2) is 4.31. The minimum absolute atomic E-state index is 0.0463. The Labute approximate surface area is 95.4 Å². The van der Waals surface area contributed by atoms with Gasteiger partial charge in [-0.3, -0.25) is 4.90 Å². The van der Waals surface area contributed by atoms with Crippen LogP contribution in [0.2, 0.25) is 0 Å². The van der Waals surface area contributed by atoms with Crippen molar-refractivity contribution < 1.29 is 19.4 Å². The summed E-state index contributed by atoms with van der Waals surface area (Å²) in [5, 5.41) is 9.00. The molecule has 0 bridgehead atoms. The molecule has 5 heteroatoms. The van der Waals surface area contributed by atoms with Gasteiger partial charge in [-0.2, -0.15) is 0 Å². The molecule has 0 aromatic carbocycles. The Morgan fingerprint density at radius 2 is 2.00 bits per heavy atom. The monoisotopic (exact) mass is 229 g/mol. The van der Waals surface area contributed by atoms with Crippen molar-refractivity contribution in [2.24, 2.45) is 5.92 Å². The van der Waals surface area contributed by atoms with Crippen molar-refractivity contribution in [1.29, 1.82) is 0 Å². The van der Waals surface area contributed by atoms with E-state index in [-0.39, 0.29) is 5.92 Å². The van der Waals surface area contributed by atoms with Gasteiger partial charge in [-0.1, -0.05) is 6.92 Å². The van der Waals surface area contributed by atoms with Gasteiger partial charge in [0, 0.05) is 12.5 Å². The van der Waals surface area contributed by atoms with Gasteiger partial charge in [0.1, 0.15) is 11.6 Å². The molecule has 1 aliphatic rings. The largest absolute Gasteiger partial charge is 0.480 e. The molecule has 0 aromatic rings. The Hall–Kier alpha value is -1.26. The molecule has 1 saturated heterocycles. The van der Waals surface area contributed by atoms with Gasteiger partial charge in [0.25, 0.3) is 0 Å². The molecule has 2 atom stereocenters. The molecule has 1 fully saturated rings. The number of amides is 1. The summed E-state index contributed by atoms with van der Waals surface area (Å²) in [6, 6.07) is -0.722. The lowest BCUT2D eigenvalue weighted by Gasteiger charge is -2.45. The molecule has 0 unspecified atom stereocenters. The van der Waals surface area contributed by atoms with Gasteiger partial charge in [0.15, 0.2) is 0 Å². The molecule has 5 nitrogen and oxygen atoms in total. The van der Waals surface area contributed by atoms with Crippen LogP contribution in [0.5, 0.6) is 0 Å². The van der Waals surface area contributed by atoms with Crippen LogP contribution in [0.1, 0.15) is 34.1 Å². The van der Waals surface area contributed by atoms with Gasteiger partial charge >= 0.3 is 12.1 Å². The maximum Gasteiger partial charge on any atom is 0.411 e. The Kier molecular flexibility index (Phi) is 3.45. The Morgan fingerprint density at radius 3 is 2.38 bits per heavy atom. The van der Waals surface area contributed by atoms with Crippen molar-refractivity contribution in [3.8, 4) is 0 Å². The smallest absolute Gasteiger partial charge is 0.411 e. The average Bonchev–Trinajstić information content (AvgIpc) is 1.97. The molecule has 1 N–H and O–H groups in total. The third-order valence-corrected chi connectivity index (χ3v) is 2.62. The lowest BCUT2D eigenvalue weighted by atomic mass is 9.87. The van der Waals surface area contributed by atoms with Gasteiger partial charge in [-0.15, -0.1) is 0 Å². The van der Waals surface area contributed by atoms with Gasteiger partial charge in [-0.05, 0) is 27.2 Å². The van der Waals surface area contributed by atoms with Gasteiger partial charge in [0.05, 0.1) is 0 Å². The number of hydrogen-bond acceptors (Lipinski definition) is 3. The number of carbonyl (C=O) groups is 2. The molecule has 16 heavy (non-hydrogen) atoms. The van der Waals surface area contributed by atoms with Crippen LogP contribution >= 0.6 is 0 Å². The second-order valence-electron chi connectivity index (χ2n) is 5.08. The fraction of sp³-hybridized carbons (Fsp3) is 0.818. The number of carbonyl (C=O) groups excluding carboxylic acids is 1. The highest BCUT2D eigenvalue weighted by molar-refractivity contribution is 5.82. The summed E-state index contributed by atoms with van der Waals surface area (Å²) in [6.07, 6.45) is 0.223. The van der Waals surface area contributed by atoms with Gasteiger partial charge < -0.3 is 9.84 Å². The molecule has 0 radical (unpaired) electrons. The molecule has 1 rings (SSSR count). The van der Waals surface area contributed by atoms with Crippen molar-refractivity contribution in [2.45, 2.75) is 45.8 Å². The fourth-order valence-corrected chi connectivity index (χ4v) is 1.78. The third kappa shape index (κ3) is 2.65. The van der Waals surface area contributed by atoms with Crippen molar-refractivity contribution in [1.82, 2.24) is 4.90 Å². The van der Waals surface area contributed by atoms with Crippen LogP contribution in [-0.2, 0) is 9.53 Å². The molecule has 0 aromatic heterocycles. The number of carboxylic acids is 1. The van der Waals surface area contributed by atoms with Crippen LogP contribution in [0.3, 0.4) is 0 Å². The summed E-state index contributed by atoms with van der Waals surface area (Å²) in [4.78, 5) is 23.9. The highest BCUT2D eigenvalue weighted by Gasteiger charge is 2.47. The molecule has 0 spiro atoms. The summed E-state index contributed by atoms with van der Waals surface area (Å²) in [6.45, 7) is 7.68. The molecule has 1 aliphatic heterocycles. The van der Waals surface area contributed by atoms with E-state index in [9.17, 15) is 9.59 Å². The van der Waals surface area contributed by atoms with Gasteiger partial charge in [0.2, 0.25) is 0 Å². The lowest BCUT2D eigenvalue weighted by molar-refractivity contribution is -0.152. The van der Waals surface area contributed by atoms with Crippen molar-refractivity contribution in [2.75, 3.05) is 6.54 Å². The minimum atomic E-state index is -0.955. The predicted octanol–water partition coefficient (Wildman–Crippen LogP) is 1.72. The van der Waals surface area contributed by atoms with Crippen molar-refractivity contribution in [3.63, 3.8) is 0 Å². The highest BCUT2D eigenvalue weighted by atomic mass is 16.6. The van der Waals surface area contributed by atoms with Gasteiger partial charge in [-0.25, -0.2) is 9.59 Å². The van der Waals surface area contributed by atoms with E-state index in [1.165, 1.54) is 4.90 Å². The Bertz CT molecular complexity index is 295. The molecular formula is C11H19NO4. The first-order chi connectivity index (χ1) is 7.26. The van der Waals surface area contributed by atoms with E-state index >= 15 is 0 Å². The molecule has 0 saturated carbocycles. The van der Waals surface area contributed by atoms with E-state index in [1.807, 2.05) is 6.92 Å². The molecule has 1 heterocycles. The predicted molar refractivity (Wildman–Crippen MR) is 58.1 cm³/mol. The van der Waals surface area contributed by atoms with Crippen LogP contribution < -0.4 is 0 Å².